The van der Waals surface area contributed by atoms with E-state index in [9.17, 15) is 14.4 Å². The molecule has 7 heteroatoms. The lowest BCUT2D eigenvalue weighted by Crippen LogP contribution is -2.29. The van der Waals surface area contributed by atoms with E-state index in [4.69, 9.17) is 4.74 Å². The smallest absolute Gasteiger partial charge is 0.340 e. The maximum Gasteiger partial charge on any atom is 0.340 e. The van der Waals surface area contributed by atoms with Crippen molar-refractivity contribution < 1.29 is 19.1 Å². The van der Waals surface area contributed by atoms with Gasteiger partial charge in [-0.15, -0.1) is 0 Å². The third-order valence-corrected chi connectivity index (χ3v) is 5.01. The summed E-state index contributed by atoms with van der Waals surface area (Å²) in [6.07, 6.45) is 3.20. The molecule has 7 nitrogen and oxygen atoms in total. The van der Waals surface area contributed by atoms with Crippen LogP contribution in [0.3, 0.4) is 0 Å². The van der Waals surface area contributed by atoms with Crippen LogP contribution in [-0.4, -0.2) is 35.5 Å². The highest BCUT2D eigenvalue weighted by Crippen LogP contribution is 2.24. The highest BCUT2D eigenvalue weighted by Gasteiger charge is 2.22. The van der Waals surface area contributed by atoms with E-state index in [1.807, 2.05) is 55.7 Å². The van der Waals surface area contributed by atoms with E-state index in [-0.39, 0.29) is 31.4 Å². The van der Waals surface area contributed by atoms with Crippen LogP contribution >= 0.6 is 0 Å². The summed E-state index contributed by atoms with van der Waals surface area (Å²) in [5, 5.41) is 5.52. The van der Waals surface area contributed by atoms with E-state index < -0.39 is 5.97 Å². The first kappa shape index (κ1) is 23.9. The molecule has 2 N–H and O–H groups in total. The van der Waals surface area contributed by atoms with Crippen LogP contribution < -0.4 is 10.6 Å². The van der Waals surface area contributed by atoms with Crippen LogP contribution in [0.15, 0.2) is 36.4 Å². The Hall–Kier alpha value is -3.35. The number of esters is 1. The zero-order valence-corrected chi connectivity index (χ0v) is 18.7. The minimum Gasteiger partial charge on any atom is -0.462 e. The number of ether oxygens (including phenoxy) is 1. The van der Waals surface area contributed by atoms with Gasteiger partial charge in [0.1, 0.15) is 0 Å². The van der Waals surface area contributed by atoms with Crippen molar-refractivity contribution in [1.29, 1.82) is 0 Å². The first-order valence-corrected chi connectivity index (χ1v) is 10.5. The number of nitrogens with one attached hydrogen (secondary N) is 2. The molecule has 0 bridgehead atoms. The van der Waals surface area contributed by atoms with Gasteiger partial charge in [-0.05, 0) is 39.3 Å². The highest BCUT2D eigenvalue weighted by molar-refractivity contribution is 5.98. The number of hydrogen-bond donors (Lipinski definition) is 2. The van der Waals surface area contributed by atoms with Crippen LogP contribution in [0.25, 0.3) is 6.08 Å². The summed E-state index contributed by atoms with van der Waals surface area (Å²) in [5.74, 6) is -0.860. The maximum absolute atomic E-state index is 12.4. The van der Waals surface area contributed by atoms with E-state index in [1.165, 1.54) is 6.08 Å². The minimum absolute atomic E-state index is 0.135. The molecule has 0 atom stereocenters. The maximum atomic E-state index is 12.4. The number of amides is 2. The molecule has 0 aliphatic rings. The molecule has 0 saturated heterocycles. The van der Waals surface area contributed by atoms with Crippen molar-refractivity contribution in [2.45, 2.75) is 47.2 Å². The molecule has 166 valence electrons. The van der Waals surface area contributed by atoms with Gasteiger partial charge in [0.15, 0.2) is 0 Å². The van der Waals surface area contributed by atoms with Gasteiger partial charge in [0.25, 0.3) is 0 Å². The van der Waals surface area contributed by atoms with Crippen molar-refractivity contribution in [2.24, 2.45) is 0 Å². The van der Waals surface area contributed by atoms with Crippen LogP contribution in [0.5, 0.6) is 0 Å². The number of rotatable bonds is 10. The van der Waals surface area contributed by atoms with Crippen molar-refractivity contribution in [3.63, 3.8) is 0 Å². The van der Waals surface area contributed by atoms with E-state index in [0.29, 0.717) is 24.2 Å². The second-order valence-corrected chi connectivity index (χ2v) is 7.06. The fraction of sp³-hybridized carbons (Fsp3) is 0.375. The summed E-state index contributed by atoms with van der Waals surface area (Å²) in [7, 11) is 0. The Morgan fingerprint density at radius 2 is 1.74 bits per heavy atom. The molecule has 0 aliphatic carbocycles. The Bertz CT molecular complexity index is 945. The quantitative estimate of drug-likeness (QED) is 0.452. The first-order valence-electron chi connectivity index (χ1n) is 10.5. The lowest BCUT2D eigenvalue weighted by Gasteiger charge is -2.06. The molecular weight excluding hydrogens is 394 g/mol. The van der Waals surface area contributed by atoms with Gasteiger partial charge in [0.05, 0.1) is 12.2 Å². The van der Waals surface area contributed by atoms with Crippen molar-refractivity contribution in [3.8, 4) is 0 Å². The molecule has 0 aliphatic heterocycles. The SMILES string of the molecule is CCOC(=O)c1c(/C=C/C(=O)NCCC(=O)NCc2ccccc2)c(C)n(CC)c1C. The third kappa shape index (κ3) is 6.57. The van der Waals surface area contributed by atoms with Crippen LogP contribution in [0, 0.1) is 13.8 Å². The van der Waals surface area contributed by atoms with Crippen molar-refractivity contribution in [2.75, 3.05) is 13.2 Å². The number of carbonyl (C=O) groups is 3. The molecule has 1 aromatic carbocycles. The Morgan fingerprint density at radius 1 is 1.03 bits per heavy atom. The van der Waals surface area contributed by atoms with Gasteiger partial charge in [-0.2, -0.15) is 0 Å². The minimum atomic E-state index is -0.398. The summed E-state index contributed by atoms with van der Waals surface area (Å²) in [6, 6.07) is 9.63. The molecule has 2 amide bonds. The molecule has 2 rings (SSSR count). The largest absolute Gasteiger partial charge is 0.462 e. The molecule has 0 unspecified atom stereocenters. The summed E-state index contributed by atoms with van der Waals surface area (Å²) < 4.78 is 7.20. The van der Waals surface area contributed by atoms with E-state index in [1.54, 1.807) is 13.0 Å². The van der Waals surface area contributed by atoms with Crippen LogP contribution in [-0.2, 0) is 27.4 Å². The molecule has 31 heavy (non-hydrogen) atoms. The molecular formula is C24H31N3O4. The summed E-state index contributed by atoms with van der Waals surface area (Å²) in [5.41, 5.74) is 3.88. The lowest BCUT2D eigenvalue weighted by molar-refractivity contribution is -0.121. The summed E-state index contributed by atoms with van der Waals surface area (Å²) >= 11 is 0. The number of nitrogens with zero attached hydrogens (tertiary/aromatic N) is 1. The molecule has 0 radical (unpaired) electrons. The number of carbonyl (C=O) groups excluding carboxylic acids is 3. The van der Waals surface area contributed by atoms with E-state index in [0.717, 1.165) is 17.0 Å². The highest BCUT2D eigenvalue weighted by atomic mass is 16.5. The van der Waals surface area contributed by atoms with Gasteiger partial charge in [0, 0.05) is 49.1 Å². The molecule has 0 saturated carbocycles. The summed E-state index contributed by atoms with van der Waals surface area (Å²) in [4.78, 5) is 36.6. The number of aromatic nitrogens is 1. The van der Waals surface area contributed by atoms with Gasteiger partial charge in [-0.3, -0.25) is 9.59 Å². The second kappa shape index (κ2) is 11.7. The lowest BCUT2D eigenvalue weighted by atomic mass is 10.1. The Labute approximate surface area is 183 Å². The van der Waals surface area contributed by atoms with Crippen molar-refractivity contribution in [1.82, 2.24) is 15.2 Å². The van der Waals surface area contributed by atoms with E-state index >= 15 is 0 Å². The molecule has 2 aromatic rings. The Kier molecular flexibility index (Phi) is 9.06. The first-order chi connectivity index (χ1) is 14.9. The fourth-order valence-corrected chi connectivity index (χ4v) is 3.45. The van der Waals surface area contributed by atoms with Gasteiger partial charge in [-0.25, -0.2) is 4.79 Å². The molecule has 1 heterocycles. The van der Waals surface area contributed by atoms with Gasteiger partial charge in [-0.1, -0.05) is 30.3 Å². The Morgan fingerprint density at radius 3 is 2.39 bits per heavy atom. The predicted molar refractivity (Wildman–Crippen MR) is 120 cm³/mol. The van der Waals surface area contributed by atoms with Crippen LogP contribution in [0.1, 0.15) is 53.1 Å². The van der Waals surface area contributed by atoms with Gasteiger partial charge < -0.3 is 19.9 Å². The third-order valence-electron chi connectivity index (χ3n) is 5.01. The second-order valence-electron chi connectivity index (χ2n) is 7.06. The number of hydrogen-bond acceptors (Lipinski definition) is 4. The fourth-order valence-electron chi connectivity index (χ4n) is 3.45. The average molecular weight is 426 g/mol. The molecule has 0 spiro atoms. The van der Waals surface area contributed by atoms with Crippen molar-refractivity contribution in [3.05, 3.63) is 64.5 Å². The molecule has 1 aromatic heterocycles. The zero-order chi connectivity index (χ0) is 22.8. The summed E-state index contributed by atoms with van der Waals surface area (Å²) in [6.45, 7) is 9.21. The monoisotopic (exact) mass is 425 g/mol. The topological polar surface area (TPSA) is 89.4 Å². The standard InChI is InChI=1S/C24H31N3O4/c1-5-27-17(3)20(23(18(27)4)24(30)31-6-2)12-13-21(28)25-15-14-22(29)26-16-19-10-8-7-9-11-19/h7-13H,5-6,14-16H2,1-4H3,(H,25,28)(H,26,29)/b13-12+. The number of benzene rings is 1. The average Bonchev–Trinajstić information content (AvgIpc) is 3.00. The van der Waals surface area contributed by atoms with Gasteiger partial charge in [0.2, 0.25) is 11.8 Å². The van der Waals surface area contributed by atoms with E-state index in [2.05, 4.69) is 10.6 Å². The van der Waals surface area contributed by atoms with Crippen LogP contribution in [0.4, 0.5) is 0 Å². The van der Waals surface area contributed by atoms with Gasteiger partial charge >= 0.3 is 5.97 Å². The zero-order valence-electron chi connectivity index (χ0n) is 18.7. The van der Waals surface area contributed by atoms with Crippen LogP contribution in [0.2, 0.25) is 0 Å². The van der Waals surface area contributed by atoms with Crippen molar-refractivity contribution >= 4 is 23.9 Å². The molecule has 0 fully saturated rings. The predicted octanol–water partition coefficient (Wildman–Crippen LogP) is 3.14. The normalized spacial score (nSPS) is 10.8. The Balaban J connectivity index is 1.92.